The monoisotopic (exact) mass is 366 g/mol. The molecule has 0 radical (unpaired) electrons. The molecule has 2 aromatic rings. The Kier molecular flexibility index (Phi) is 5.84. The Labute approximate surface area is 149 Å². The van der Waals surface area contributed by atoms with Crippen molar-refractivity contribution >= 4 is 27.0 Å². The number of hydrogen-bond donors (Lipinski definition) is 1. The first-order valence-electron chi connectivity index (χ1n) is 8.34. The number of carbonyl (C=O) groups excluding carboxylic acids is 1. The van der Waals surface area contributed by atoms with Gasteiger partial charge >= 0.3 is 0 Å². The highest BCUT2D eigenvalue weighted by atomic mass is 32.2. The predicted octanol–water partition coefficient (Wildman–Crippen LogP) is 1.67. The summed E-state index contributed by atoms with van der Waals surface area (Å²) in [4.78, 5) is 16.7. The number of sulfonamides is 1. The summed E-state index contributed by atoms with van der Waals surface area (Å²) in [5.74, 6) is 0.756. The van der Waals surface area contributed by atoms with Gasteiger partial charge < -0.3 is 9.88 Å². The zero-order valence-corrected chi connectivity index (χ0v) is 16.2. The molecule has 0 aliphatic rings. The number of imidazole rings is 1. The molecule has 1 unspecified atom stereocenters. The number of hydrogen-bond acceptors (Lipinski definition) is 4. The fourth-order valence-electron chi connectivity index (χ4n) is 2.50. The van der Waals surface area contributed by atoms with E-state index in [-0.39, 0.29) is 16.8 Å². The van der Waals surface area contributed by atoms with Crippen LogP contribution in [0.2, 0.25) is 0 Å². The molecule has 0 spiro atoms. The molecule has 7 nitrogen and oxygen atoms in total. The van der Waals surface area contributed by atoms with Crippen LogP contribution in [0.1, 0.15) is 32.5 Å². The summed E-state index contributed by atoms with van der Waals surface area (Å²) in [5, 5.41) is 2.93. The van der Waals surface area contributed by atoms with Crippen molar-refractivity contribution in [1.29, 1.82) is 0 Å². The second-order valence-electron chi connectivity index (χ2n) is 6.40. The highest BCUT2D eigenvalue weighted by Crippen LogP contribution is 2.21. The third kappa shape index (κ3) is 4.19. The summed E-state index contributed by atoms with van der Waals surface area (Å²) in [6, 6.07) is 5.07. The maximum Gasteiger partial charge on any atom is 0.242 e. The van der Waals surface area contributed by atoms with E-state index in [1.165, 1.54) is 18.4 Å². The van der Waals surface area contributed by atoms with Gasteiger partial charge in [0.2, 0.25) is 15.9 Å². The largest absolute Gasteiger partial charge is 0.354 e. The maximum atomic E-state index is 12.3. The Morgan fingerprint density at radius 3 is 2.64 bits per heavy atom. The van der Waals surface area contributed by atoms with E-state index in [1.54, 1.807) is 18.2 Å². The fraction of sp³-hybridized carbons (Fsp3) is 0.529. The van der Waals surface area contributed by atoms with Gasteiger partial charge in [-0.3, -0.25) is 4.79 Å². The van der Waals surface area contributed by atoms with Crippen molar-refractivity contribution in [3.8, 4) is 0 Å². The van der Waals surface area contributed by atoms with Gasteiger partial charge in [0.05, 0.1) is 15.9 Å². The normalized spacial score (nSPS) is 13.4. The van der Waals surface area contributed by atoms with Crippen molar-refractivity contribution in [3.63, 3.8) is 0 Å². The van der Waals surface area contributed by atoms with E-state index in [0.29, 0.717) is 18.4 Å². The summed E-state index contributed by atoms with van der Waals surface area (Å²) in [7, 11) is 1.38. The van der Waals surface area contributed by atoms with Gasteiger partial charge in [0.1, 0.15) is 5.82 Å². The van der Waals surface area contributed by atoms with Gasteiger partial charge in [0.25, 0.3) is 0 Å². The first-order chi connectivity index (χ1) is 11.7. The van der Waals surface area contributed by atoms with Crippen LogP contribution in [0.25, 0.3) is 11.0 Å². The lowest BCUT2D eigenvalue weighted by Crippen LogP contribution is -2.32. The van der Waals surface area contributed by atoms with Gasteiger partial charge in [-0.2, -0.15) is 0 Å². The first kappa shape index (κ1) is 19.4. The molecule has 0 fully saturated rings. The molecule has 0 bridgehead atoms. The number of aryl methyl sites for hydroxylation is 2. The Morgan fingerprint density at radius 2 is 2.04 bits per heavy atom. The van der Waals surface area contributed by atoms with E-state index in [9.17, 15) is 13.2 Å². The van der Waals surface area contributed by atoms with E-state index >= 15 is 0 Å². The van der Waals surface area contributed by atoms with Gasteiger partial charge in [-0.1, -0.05) is 6.92 Å². The molecule has 1 N–H and O–H groups in total. The average Bonchev–Trinajstić information content (AvgIpc) is 2.88. The number of fused-ring (bicyclic) bond motifs is 1. The molecule has 1 atom stereocenters. The molecule has 1 aromatic carbocycles. The van der Waals surface area contributed by atoms with Crippen molar-refractivity contribution in [1.82, 2.24) is 19.2 Å². The molecule has 0 aliphatic carbocycles. The van der Waals surface area contributed by atoms with E-state index in [2.05, 4.69) is 10.3 Å². The summed E-state index contributed by atoms with van der Waals surface area (Å²) in [5.41, 5.74) is 1.46. The van der Waals surface area contributed by atoms with Crippen LogP contribution in [-0.4, -0.2) is 48.3 Å². The molecule has 8 heteroatoms. The lowest BCUT2D eigenvalue weighted by molar-refractivity contribution is -0.121. The first-order valence-corrected chi connectivity index (χ1v) is 9.78. The zero-order valence-electron chi connectivity index (χ0n) is 15.4. The minimum atomic E-state index is -3.49. The number of benzene rings is 1. The highest BCUT2D eigenvalue weighted by molar-refractivity contribution is 7.89. The van der Waals surface area contributed by atoms with Crippen molar-refractivity contribution < 1.29 is 13.2 Å². The summed E-state index contributed by atoms with van der Waals surface area (Å²) < 4.78 is 27.6. The minimum Gasteiger partial charge on any atom is -0.354 e. The van der Waals surface area contributed by atoms with Crippen LogP contribution >= 0.6 is 0 Å². The Morgan fingerprint density at radius 1 is 1.36 bits per heavy atom. The average molecular weight is 366 g/mol. The third-order valence-corrected chi connectivity index (χ3v) is 6.13. The number of rotatable bonds is 7. The minimum absolute atomic E-state index is 0.00252. The van der Waals surface area contributed by atoms with Crippen LogP contribution in [0, 0.1) is 0 Å². The molecule has 0 saturated carbocycles. The number of aromatic nitrogens is 2. The Hall–Kier alpha value is -1.93. The van der Waals surface area contributed by atoms with Crippen LogP contribution < -0.4 is 5.32 Å². The van der Waals surface area contributed by atoms with Crippen LogP contribution in [0.5, 0.6) is 0 Å². The van der Waals surface area contributed by atoms with Crippen molar-refractivity contribution in [2.24, 2.45) is 7.05 Å². The van der Waals surface area contributed by atoms with Crippen LogP contribution in [0.3, 0.4) is 0 Å². The van der Waals surface area contributed by atoms with Crippen LogP contribution in [0.15, 0.2) is 23.1 Å². The summed E-state index contributed by atoms with van der Waals surface area (Å²) >= 11 is 0. The van der Waals surface area contributed by atoms with E-state index < -0.39 is 10.0 Å². The quantitative estimate of drug-likeness (QED) is 0.808. The second-order valence-corrected chi connectivity index (χ2v) is 8.55. The number of nitrogens with one attached hydrogen (secondary N) is 1. The molecule has 0 saturated heterocycles. The summed E-state index contributed by atoms with van der Waals surface area (Å²) in [6.07, 6.45) is 1.74. The standard InChI is InChI=1S/C17H26N4O3S/c1-6-12(2)18-17(22)10-9-16-19-14-11-13(25(23,24)20(3)4)7-8-15(14)21(16)5/h7-8,11-12H,6,9-10H2,1-5H3,(H,18,22). The number of nitrogens with zero attached hydrogens (tertiary/aromatic N) is 3. The lowest BCUT2D eigenvalue weighted by atomic mass is 10.2. The van der Waals surface area contributed by atoms with Gasteiger partial charge in [-0.15, -0.1) is 0 Å². The molecule has 138 valence electrons. The maximum absolute atomic E-state index is 12.3. The van der Waals surface area contributed by atoms with Gasteiger partial charge in [0.15, 0.2) is 0 Å². The molecule has 1 aromatic heterocycles. The van der Waals surface area contributed by atoms with Gasteiger partial charge in [-0.05, 0) is 31.5 Å². The van der Waals surface area contributed by atoms with Crippen molar-refractivity contribution in [3.05, 3.63) is 24.0 Å². The van der Waals surface area contributed by atoms with Crippen LogP contribution in [0.4, 0.5) is 0 Å². The molecular formula is C17H26N4O3S. The predicted molar refractivity (Wildman–Crippen MR) is 97.8 cm³/mol. The van der Waals surface area contributed by atoms with Gasteiger partial charge in [-0.25, -0.2) is 17.7 Å². The second kappa shape index (κ2) is 7.53. The smallest absolute Gasteiger partial charge is 0.242 e. The molecule has 0 aliphatic heterocycles. The van der Waals surface area contributed by atoms with Gasteiger partial charge in [0, 0.05) is 40.0 Å². The summed E-state index contributed by atoms with van der Waals surface area (Å²) in [6.45, 7) is 4.00. The molecule has 25 heavy (non-hydrogen) atoms. The topological polar surface area (TPSA) is 84.3 Å². The molecule has 1 amide bonds. The van der Waals surface area contributed by atoms with Crippen molar-refractivity contribution in [2.45, 2.75) is 44.0 Å². The SMILES string of the molecule is CCC(C)NC(=O)CCc1nc2cc(S(=O)(=O)N(C)C)ccc2n1C. The van der Waals surface area contributed by atoms with E-state index in [1.807, 2.05) is 25.5 Å². The number of amides is 1. The number of carbonyl (C=O) groups is 1. The van der Waals surface area contributed by atoms with E-state index in [4.69, 9.17) is 0 Å². The third-order valence-electron chi connectivity index (χ3n) is 4.32. The highest BCUT2D eigenvalue weighted by Gasteiger charge is 2.19. The Balaban J connectivity index is 2.23. The van der Waals surface area contributed by atoms with Crippen LogP contribution in [-0.2, 0) is 28.3 Å². The lowest BCUT2D eigenvalue weighted by Gasteiger charge is -2.11. The molecular weight excluding hydrogens is 340 g/mol. The Bertz CT molecular complexity index is 871. The fourth-order valence-corrected chi connectivity index (χ4v) is 3.42. The van der Waals surface area contributed by atoms with E-state index in [0.717, 1.165) is 17.8 Å². The van der Waals surface area contributed by atoms with Crippen molar-refractivity contribution in [2.75, 3.05) is 14.1 Å². The molecule has 1 heterocycles. The molecule has 2 rings (SSSR count). The zero-order chi connectivity index (χ0) is 18.8.